The SMILES string of the molecule is C=C(C)C.O=[P+](O)O. The summed E-state index contributed by atoms with van der Waals surface area (Å²) >= 11 is 0. The highest BCUT2D eigenvalue weighted by Gasteiger charge is 1.93. The first-order chi connectivity index (χ1) is 3.46. The second-order valence-electron chi connectivity index (χ2n) is 1.46. The highest BCUT2D eigenvalue weighted by atomic mass is 31.1. The van der Waals surface area contributed by atoms with Crippen LogP contribution in [-0.2, 0) is 4.57 Å². The molecule has 0 aromatic rings. The Morgan fingerprint density at radius 3 is 1.50 bits per heavy atom. The van der Waals surface area contributed by atoms with E-state index in [2.05, 4.69) is 6.58 Å². The Labute approximate surface area is 49.6 Å². The zero-order chi connectivity index (χ0) is 7.15. The predicted octanol–water partition coefficient (Wildman–Crippen LogP) is 1.21. The van der Waals surface area contributed by atoms with Crippen molar-refractivity contribution in [1.82, 2.24) is 0 Å². The van der Waals surface area contributed by atoms with Gasteiger partial charge >= 0.3 is 8.25 Å². The zero-order valence-corrected chi connectivity index (χ0v) is 5.85. The lowest BCUT2D eigenvalue weighted by molar-refractivity contribution is 0.405. The summed E-state index contributed by atoms with van der Waals surface area (Å²) in [4.78, 5) is 14.2. The summed E-state index contributed by atoms with van der Waals surface area (Å²) in [5.41, 5.74) is 1.17. The highest BCUT2D eigenvalue weighted by molar-refractivity contribution is 7.30. The molecule has 0 aliphatic heterocycles. The van der Waals surface area contributed by atoms with E-state index < -0.39 is 8.25 Å². The molecular formula is C4H10O3P+. The van der Waals surface area contributed by atoms with E-state index in [-0.39, 0.29) is 0 Å². The van der Waals surface area contributed by atoms with Crippen molar-refractivity contribution in [2.75, 3.05) is 0 Å². The van der Waals surface area contributed by atoms with Crippen molar-refractivity contribution in [2.45, 2.75) is 13.8 Å². The molecule has 3 nitrogen and oxygen atoms in total. The van der Waals surface area contributed by atoms with E-state index in [4.69, 9.17) is 14.4 Å². The molecule has 0 saturated heterocycles. The molecular weight excluding hydrogens is 127 g/mol. The molecule has 0 aliphatic rings. The van der Waals surface area contributed by atoms with Gasteiger partial charge in [-0.05, 0) is 13.8 Å². The molecule has 0 aromatic carbocycles. The van der Waals surface area contributed by atoms with E-state index in [1.165, 1.54) is 5.57 Å². The van der Waals surface area contributed by atoms with Gasteiger partial charge in [-0.25, -0.2) is 0 Å². The van der Waals surface area contributed by atoms with E-state index >= 15 is 0 Å². The van der Waals surface area contributed by atoms with Gasteiger partial charge in [-0.1, -0.05) is 5.57 Å². The number of allylic oxidation sites excluding steroid dienone is 1. The maximum Gasteiger partial charge on any atom is 0.692 e. The van der Waals surface area contributed by atoms with Crippen LogP contribution in [0.2, 0.25) is 0 Å². The third-order valence-electron chi connectivity index (χ3n) is 0. The summed E-state index contributed by atoms with van der Waals surface area (Å²) in [5.74, 6) is 0. The van der Waals surface area contributed by atoms with Gasteiger partial charge in [0.15, 0.2) is 0 Å². The second kappa shape index (κ2) is 6.76. The normalized spacial score (nSPS) is 6.50. The van der Waals surface area contributed by atoms with Gasteiger partial charge in [0.05, 0.1) is 0 Å². The number of rotatable bonds is 0. The first kappa shape index (κ1) is 10.7. The molecule has 0 unspecified atom stereocenters. The summed E-state index contributed by atoms with van der Waals surface area (Å²) in [7, 11) is -2.87. The summed E-state index contributed by atoms with van der Waals surface area (Å²) in [6.07, 6.45) is 0. The lowest BCUT2D eigenvalue weighted by Crippen LogP contribution is -1.43. The monoisotopic (exact) mass is 137 g/mol. The second-order valence-corrected chi connectivity index (χ2v) is 1.97. The van der Waals surface area contributed by atoms with Crippen LogP contribution in [0, 0.1) is 0 Å². The van der Waals surface area contributed by atoms with Crippen LogP contribution in [0.4, 0.5) is 0 Å². The smallest absolute Gasteiger partial charge is 0.134 e. The van der Waals surface area contributed by atoms with Crippen LogP contribution in [0.5, 0.6) is 0 Å². The Morgan fingerprint density at radius 1 is 1.50 bits per heavy atom. The minimum atomic E-state index is -2.87. The van der Waals surface area contributed by atoms with Crippen LogP contribution in [0.25, 0.3) is 0 Å². The lowest BCUT2D eigenvalue weighted by Gasteiger charge is -1.65. The lowest BCUT2D eigenvalue weighted by atomic mass is 10.4. The molecule has 0 rings (SSSR count). The molecule has 0 amide bonds. The fourth-order valence-corrected chi connectivity index (χ4v) is 0. The van der Waals surface area contributed by atoms with Crippen LogP contribution in [0.1, 0.15) is 13.8 Å². The van der Waals surface area contributed by atoms with E-state index in [1.807, 2.05) is 13.8 Å². The van der Waals surface area contributed by atoms with Gasteiger partial charge in [0, 0.05) is 4.57 Å². The van der Waals surface area contributed by atoms with Crippen molar-refractivity contribution in [2.24, 2.45) is 0 Å². The standard InChI is InChI=1S/C4H8.HO3P/c2*1-4(2)3/h1H2,2-3H3;(H-,1,2,3)/p+1. The van der Waals surface area contributed by atoms with Gasteiger partial charge in [0.25, 0.3) is 0 Å². The molecule has 0 atom stereocenters. The van der Waals surface area contributed by atoms with Gasteiger partial charge in [-0.2, -0.15) is 0 Å². The van der Waals surface area contributed by atoms with E-state index in [0.29, 0.717) is 0 Å². The largest absolute Gasteiger partial charge is 0.692 e. The van der Waals surface area contributed by atoms with Crippen molar-refractivity contribution >= 4 is 8.25 Å². The molecule has 0 heterocycles. The van der Waals surface area contributed by atoms with Crippen molar-refractivity contribution in [3.05, 3.63) is 12.2 Å². The van der Waals surface area contributed by atoms with Gasteiger partial charge < -0.3 is 0 Å². The topological polar surface area (TPSA) is 57.5 Å². The maximum absolute atomic E-state index is 8.70. The van der Waals surface area contributed by atoms with Crippen molar-refractivity contribution in [3.63, 3.8) is 0 Å². The molecule has 0 fully saturated rings. The summed E-state index contributed by atoms with van der Waals surface area (Å²) < 4.78 is 8.70. The summed E-state index contributed by atoms with van der Waals surface area (Å²) in [5, 5.41) is 0. The Balaban J connectivity index is 0. The number of hydrogen-bond acceptors (Lipinski definition) is 1. The third-order valence-corrected chi connectivity index (χ3v) is 0. The quantitative estimate of drug-likeness (QED) is 0.389. The minimum absolute atomic E-state index is 1.17. The van der Waals surface area contributed by atoms with E-state index in [0.717, 1.165) is 0 Å². The molecule has 0 radical (unpaired) electrons. The van der Waals surface area contributed by atoms with Crippen LogP contribution in [0.3, 0.4) is 0 Å². The Morgan fingerprint density at radius 2 is 1.50 bits per heavy atom. The van der Waals surface area contributed by atoms with Gasteiger partial charge in [0.2, 0.25) is 0 Å². The zero-order valence-electron chi connectivity index (χ0n) is 4.96. The van der Waals surface area contributed by atoms with Crippen LogP contribution >= 0.6 is 8.25 Å². The van der Waals surface area contributed by atoms with E-state index in [9.17, 15) is 0 Å². The van der Waals surface area contributed by atoms with Crippen LogP contribution < -0.4 is 0 Å². The molecule has 0 spiro atoms. The Kier molecular flexibility index (Phi) is 9.03. The number of hydrogen-bond donors (Lipinski definition) is 2. The first-order valence-electron chi connectivity index (χ1n) is 1.94. The maximum atomic E-state index is 8.70. The third kappa shape index (κ3) is 2270. The first-order valence-corrected chi connectivity index (χ1v) is 3.10. The molecule has 2 N–H and O–H groups in total. The predicted molar refractivity (Wildman–Crippen MR) is 32.5 cm³/mol. The van der Waals surface area contributed by atoms with Gasteiger partial charge in [0.1, 0.15) is 0 Å². The fraction of sp³-hybridized carbons (Fsp3) is 0.500. The molecule has 0 bridgehead atoms. The van der Waals surface area contributed by atoms with Crippen molar-refractivity contribution in [1.29, 1.82) is 0 Å². The summed E-state index contributed by atoms with van der Waals surface area (Å²) in [6, 6.07) is 0. The molecule has 0 saturated carbocycles. The summed E-state index contributed by atoms with van der Waals surface area (Å²) in [6.45, 7) is 7.50. The average molecular weight is 137 g/mol. The highest BCUT2D eigenvalue weighted by Crippen LogP contribution is 1.98. The fourth-order valence-electron chi connectivity index (χ4n) is 0. The molecule has 8 heavy (non-hydrogen) atoms. The Hall–Kier alpha value is -0.240. The average Bonchev–Trinajstić information content (AvgIpc) is 1.25. The van der Waals surface area contributed by atoms with E-state index in [1.54, 1.807) is 0 Å². The van der Waals surface area contributed by atoms with Crippen molar-refractivity contribution < 1.29 is 14.4 Å². The molecule has 48 valence electrons. The van der Waals surface area contributed by atoms with Crippen LogP contribution in [-0.4, -0.2) is 9.79 Å². The molecule has 0 aliphatic carbocycles. The Bertz CT molecular complexity index is 69.3. The van der Waals surface area contributed by atoms with Gasteiger partial charge in [-0.3, -0.25) is 0 Å². The van der Waals surface area contributed by atoms with Crippen LogP contribution in [0.15, 0.2) is 12.2 Å². The molecule has 0 aromatic heterocycles. The molecule has 4 heteroatoms. The minimum Gasteiger partial charge on any atom is -0.134 e. The van der Waals surface area contributed by atoms with Crippen molar-refractivity contribution in [3.8, 4) is 0 Å². The van der Waals surface area contributed by atoms with Gasteiger partial charge in [-0.15, -0.1) is 16.4 Å².